The molecule has 3 aromatic rings. The fraction of sp³-hybridized carbons (Fsp3) is 0.120. The summed E-state index contributed by atoms with van der Waals surface area (Å²) in [6.45, 7) is 0.457. The van der Waals surface area contributed by atoms with Crippen LogP contribution in [0.3, 0.4) is 0 Å². The Morgan fingerprint density at radius 2 is 1.76 bits per heavy atom. The molecule has 1 heterocycles. The van der Waals surface area contributed by atoms with Crippen LogP contribution < -0.4 is 9.47 Å². The van der Waals surface area contributed by atoms with Crippen molar-refractivity contribution in [3.63, 3.8) is 0 Å². The van der Waals surface area contributed by atoms with Crippen molar-refractivity contribution in [3.05, 3.63) is 98.6 Å². The number of carbonyl (C=O) groups excluding carboxylic acids is 2. The maximum Gasteiger partial charge on any atom is 0.293 e. The van der Waals surface area contributed by atoms with Gasteiger partial charge in [-0.05, 0) is 74.7 Å². The van der Waals surface area contributed by atoms with Crippen LogP contribution in [0.5, 0.6) is 11.5 Å². The molecule has 0 N–H and O–H groups in total. The van der Waals surface area contributed by atoms with Gasteiger partial charge in [-0.1, -0.05) is 42.5 Å². The minimum atomic E-state index is -0.333. The van der Waals surface area contributed by atoms with Crippen molar-refractivity contribution < 1.29 is 23.5 Å². The van der Waals surface area contributed by atoms with E-state index >= 15 is 0 Å². The van der Waals surface area contributed by atoms with E-state index < -0.39 is 0 Å². The maximum atomic E-state index is 13.1. The monoisotopic (exact) mass is 527 g/mol. The van der Waals surface area contributed by atoms with Crippen LogP contribution in [0.2, 0.25) is 0 Å². The Hall–Kier alpha value is -3.10. The molecule has 0 atom stereocenters. The van der Waals surface area contributed by atoms with Gasteiger partial charge in [0.05, 0.1) is 23.0 Å². The Balaban J connectivity index is 1.53. The molecule has 1 fully saturated rings. The molecule has 0 aromatic heterocycles. The molecule has 33 heavy (non-hydrogen) atoms. The molecule has 8 heteroatoms. The number of rotatable bonds is 7. The van der Waals surface area contributed by atoms with Gasteiger partial charge in [0.15, 0.2) is 11.5 Å². The number of amides is 2. The Morgan fingerprint density at radius 1 is 1.03 bits per heavy atom. The first-order chi connectivity index (χ1) is 15.9. The van der Waals surface area contributed by atoms with Crippen molar-refractivity contribution in [2.75, 3.05) is 7.11 Å². The lowest BCUT2D eigenvalue weighted by atomic mass is 10.1. The van der Waals surface area contributed by atoms with E-state index in [4.69, 9.17) is 9.47 Å². The van der Waals surface area contributed by atoms with E-state index in [-0.39, 0.29) is 30.1 Å². The number of methoxy groups -OCH3 is 1. The second-order valence-corrected chi connectivity index (χ2v) is 9.05. The molecular formula is C25H19BrFNO4S. The molecule has 1 aliphatic heterocycles. The summed E-state index contributed by atoms with van der Waals surface area (Å²) in [5.74, 6) is 0.299. The number of halogens is 2. The summed E-state index contributed by atoms with van der Waals surface area (Å²) < 4.78 is 25.1. The number of hydrogen-bond acceptors (Lipinski definition) is 5. The van der Waals surface area contributed by atoms with Gasteiger partial charge in [-0.2, -0.15) is 0 Å². The van der Waals surface area contributed by atoms with Crippen LogP contribution in [0.15, 0.2) is 76.1 Å². The molecule has 4 rings (SSSR count). The minimum Gasteiger partial charge on any atom is -0.493 e. The zero-order valence-corrected chi connectivity index (χ0v) is 20.0. The lowest BCUT2D eigenvalue weighted by Crippen LogP contribution is -2.27. The average Bonchev–Trinajstić information content (AvgIpc) is 3.07. The Morgan fingerprint density at radius 3 is 2.45 bits per heavy atom. The van der Waals surface area contributed by atoms with Crippen molar-refractivity contribution in [2.45, 2.75) is 13.2 Å². The molecular weight excluding hydrogens is 509 g/mol. The molecule has 0 aliphatic carbocycles. The van der Waals surface area contributed by atoms with Crippen molar-refractivity contribution in [2.24, 2.45) is 0 Å². The van der Waals surface area contributed by atoms with Crippen LogP contribution in [-0.2, 0) is 17.9 Å². The highest BCUT2D eigenvalue weighted by Gasteiger charge is 2.35. The van der Waals surface area contributed by atoms with E-state index in [9.17, 15) is 14.0 Å². The van der Waals surface area contributed by atoms with E-state index in [1.54, 1.807) is 30.3 Å². The summed E-state index contributed by atoms with van der Waals surface area (Å²) in [4.78, 5) is 26.8. The highest BCUT2D eigenvalue weighted by atomic mass is 79.9. The largest absolute Gasteiger partial charge is 0.493 e. The van der Waals surface area contributed by atoms with Gasteiger partial charge >= 0.3 is 0 Å². The first-order valence-electron chi connectivity index (χ1n) is 9.98. The summed E-state index contributed by atoms with van der Waals surface area (Å²) in [7, 11) is 1.52. The zero-order valence-electron chi connectivity index (χ0n) is 17.6. The summed E-state index contributed by atoms with van der Waals surface area (Å²) in [5.41, 5.74) is 2.37. The van der Waals surface area contributed by atoms with Crippen LogP contribution in [0.25, 0.3) is 6.08 Å². The van der Waals surface area contributed by atoms with Crippen molar-refractivity contribution in [1.29, 1.82) is 0 Å². The molecule has 0 spiro atoms. The normalized spacial score (nSPS) is 14.8. The number of benzene rings is 3. The molecule has 1 aliphatic rings. The quantitative estimate of drug-likeness (QED) is 0.332. The van der Waals surface area contributed by atoms with E-state index in [0.29, 0.717) is 26.4 Å². The van der Waals surface area contributed by atoms with Crippen LogP contribution in [0.4, 0.5) is 9.18 Å². The first-order valence-corrected chi connectivity index (χ1v) is 11.6. The van der Waals surface area contributed by atoms with Crippen LogP contribution >= 0.6 is 27.7 Å². The summed E-state index contributed by atoms with van der Waals surface area (Å²) >= 11 is 4.40. The smallest absolute Gasteiger partial charge is 0.293 e. The van der Waals surface area contributed by atoms with Gasteiger partial charge in [-0.15, -0.1) is 0 Å². The maximum absolute atomic E-state index is 13.1. The van der Waals surface area contributed by atoms with Gasteiger partial charge in [-0.25, -0.2) is 4.39 Å². The fourth-order valence-corrected chi connectivity index (χ4v) is 4.67. The van der Waals surface area contributed by atoms with Crippen molar-refractivity contribution in [3.8, 4) is 11.5 Å². The van der Waals surface area contributed by atoms with E-state index in [1.807, 2.05) is 30.3 Å². The van der Waals surface area contributed by atoms with Gasteiger partial charge < -0.3 is 9.47 Å². The third-order valence-corrected chi connectivity index (χ3v) is 6.40. The standard InChI is InChI=1S/C25H19BrFNO4S/c1-31-21-12-18(11-20(26)23(21)32-15-17-7-9-19(27)10-8-17)13-22-24(29)28(25(30)33-22)14-16-5-3-2-4-6-16/h2-13H,14-15H2,1H3/b22-13-. The molecule has 3 aromatic carbocycles. The van der Waals surface area contributed by atoms with Gasteiger partial charge in [0.1, 0.15) is 12.4 Å². The van der Waals surface area contributed by atoms with Crippen LogP contribution in [-0.4, -0.2) is 23.2 Å². The summed E-state index contributed by atoms with van der Waals surface area (Å²) in [6.07, 6.45) is 1.66. The summed E-state index contributed by atoms with van der Waals surface area (Å²) in [5, 5.41) is -0.305. The first kappa shape index (κ1) is 23.1. The second-order valence-electron chi connectivity index (χ2n) is 7.20. The Labute approximate surface area is 203 Å². The Bertz CT molecular complexity index is 1220. The lowest BCUT2D eigenvalue weighted by molar-refractivity contribution is -0.123. The average molecular weight is 528 g/mol. The fourth-order valence-electron chi connectivity index (χ4n) is 3.25. The van der Waals surface area contributed by atoms with E-state index in [1.165, 1.54) is 24.1 Å². The molecule has 0 unspecified atom stereocenters. The van der Waals surface area contributed by atoms with E-state index in [2.05, 4.69) is 15.9 Å². The molecule has 1 saturated heterocycles. The lowest BCUT2D eigenvalue weighted by Gasteiger charge is -2.14. The van der Waals surface area contributed by atoms with Crippen molar-refractivity contribution >= 4 is 44.9 Å². The molecule has 168 valence electrons. The van der Waals surface area contributed by atoms with Gasteiger partial charge in [0, 0.05) is 0 Å². The topological polar surface area (TPSA) is 55.8 Å². The zero-order chi connectivity index (χ0) is 23.4. The number of ether oxygens (including phenoxy) is 2. The third-order valence-electron chi connectivity index (χ3n) is 4.90. The highest BCUT2D eigenvalue weighted by molar-refractivity contribution is 9.10. The molecule has 0 saturated carbocycles. The SMILES string of the molecule is COc1cc(/C=C2\SC(=O)N(Cc3ccccc3)C2=O)cc(Br)c1OCc1ccc(F)cc1. The number of thioether (sulfide) groups is 1. The van der Waals surface area contributed by atoms with E-state index in [0.717, 1.165) is 22.9 Å². The second kappa shape index (κ2) is 10.2. The Kier molecular flexibility index (Phi) is 7.15. The van der Waals surface area contributed by atoms with Crippen LogP contribution in [0, 0.1) is 5.82 Å². The van der Waals surface area contributed by atoms with Gasteiger partial charge in [0.2, 0.25) is 0 Å². The molecule has 2 amide bonds. The van der Waals surface area contributed by atoms with Gasteiger partial charge in [-0.3, -0.25) is 14.5 Å². The molecule has 0 bridgehead atoms. The number of carbonyl (C=O) groups is 2. The predicted octanol–water partition coefficient (Wildman–Crippen LogP) is 6.41. The highest BCUT2D eigenvalue weighted by Crippen LogP contribution is 2.39. The predicted molar refractivity (Wildman–Crippen MR) is 129 cm³/mol. The molecule has 5 nitrogen and oxygen atoms in total. The number of hydrogen-bond donors (Lipinski definition) is 0. The van der Waals surface area contributed by atoms with Gasteiger partial charge in [0.25, 0.3) is 11.1 Å². The number of nitrogens with zero attached hydrogens (tertiary/aromatic N) is 1. The third kappa shape index (κ3) is 5.46. The summed E-state index contributed by atoms with van der Waals surface area (Å²) in [6, 6.07) is 18.9. The van der Waals surface area contributed by atoms with Crippen LogP contribution in [0.1, 0.15) is 16.7 Å². The number of imide groups is 1. The van der Waals surface area contributed by atoms with Crippen molar-refractivity contribution in [1.82, 2.24) is 4.90 Å². The molecule has 0 radical (unpaired) electrons. The minimum absolute atomic E-state index is 0.228.